The molecule has 9 heteroatoms. The maximum atomic E-state index is 14.3. The van der Waals surface area contributed by atoms with Crippen LogP contribution in [0.5, 0.6) is 0 Å². The van der Waals surface area contributed by atoms with E-state index in [4.69, 9.17) is 5.73 Å². The molecule has 0 saturated heterocycles. The first-order chi connectivity index (χ1) is 13.4. The fraction of sp³-hybridized carbons (Fsp3) is 0.105. The molecule has 0 aliphatic carbocycles. The standard InChI is InChI=1S/C19H15F3N6/c1-10(26-17-8-16(23)24-9-25-17)19-27-18-14(22)3-2-4-15(18)28(19)13-6-11(20)5-12(21)7-13/h2-10H,1H3,(H3,23,24,25,26). The molecular weight excluding hydrogens is 369 g/mol. The Labute approximate surface area is 157 Å². The number of hydrogen-bond acceptors (Lipinski definition) is 5. The second-order valence-corrected chi connectivity index (χ2v) is 6.23. The smallest absolute Gasteiger partial charge is 0.151 e. The average molecular weight is 384 g/mol. The van der Waals surface area contributed by atoms with E-state index in [9.17, 15) is 13.2 Å². The van der Waals surface area contributed by atoms with Crippen molar-refractivity contribution in [3.63, 3.8) is 0 Å². The van der Waals surface area contributed by atoms with Gasteiger partial charge in [0, 0.05) is 12.1 Å². The maximum Gasteiger partial charge on any atom is 0.151 e. The highest BCUT2D eigenvalue weighted by molar-refractivity contribution is 5.79. The van der Waals surface area contributed by atoms with E-state index in [-0.39, 0.29) is 17.0 Å². The summed E-state index contributed by atoms with van der Waals surface area (Å²) < 4.78 is 43.5. The fourth-order valence-electron chi connectivity index (χ4n) is 3.05. The van der Waals surface area contributed by atoms with Crippen molar-refractivity contribution in [1.82, 2.24) is 19.5 Å². The zero-order chi connectivity index (χ0) is 19.8. The van der Waals surface area contributed by atoms with Gasteiger partial charge in [0.1, 0.15) is 40.9 Å². The Morgan fingerprint density at radius 3 is 2.50 bits per heavy atom. The van der Waals surface area contributed by atoms with Gasteiger partial charge in [-0.1, -0.05) is 6.07 Å². The summed E-state index contributed by atoms with van der Waals surface area (Å²) in [6.07, 6.45) is 1.30. The summed E-state index contributed by atoms with van der Waals surface area (Å²) in [5.41, 5.74) is 6.34. The number of hydrogen-bond donors (Lipinski definition) is 2. The minimum absolute atomic E-state index is 0.0954. The Morgan fingerprint density at radius 1 is 1.04 bits per heavy atom. The van der Waals surface area contributed by atoms with E-state index >= 15 is 0 Å². The van der Waals surface area contributed by atoms with Crippen LogP contribution < -0.4 is 11.1 Å². The fourth-order valence-corrected chi connectivity index (χ4v) is 3.05. The minimum Gasteiger partial charge on any atom is -0.384 e. The van der Waals surface area contributed by atoms with Gasteiger partial charge in [0.25, 0.3) is 0 Å². The van der Waals surface area contributed by atoms with Gasteiger partial charge in [0.15, 0.2) is 5.82 Å². The molecule has 0 aliphatic heterocycles. The molecule has 0 bridgehead atoms. The predicted molar refractivity (Wildman–Crippen MR) is 99.4 cm³/mol. The van der Waals surface area contributed by atoms with Crippen molar-refractivity contribution in [3.8, 4) is 5.69 Å². The van der Waals surface area contributed by atoms with Crippen LogP contribution in [0.2, 0.25) is 0 Å². The average Bonchev–Trinajstić information content (AvgIpc) is 3.02. The number of benzene rings is 2. The summed E-state index contributed by atoms with van der Waals surface area (Å²) in [4.78, 5) is 12.3. The van der Waals surface area contributed by atoms with Crippen molar-refractivity contribution in [1.29, 1.82) is 0 Å². The molecule has 0 amide bonds. The number of para-hydroxylation sites is 1. The number of aromatic nitrogens is 4. The number of nitrogen functional groups attached to an aromatic ring is 1. The van der Waals surface area contributed by atoms with Crippen LogP contribution in [-0.2, 0) is 0 Å². The Balaban J connectivity index is 1.88. The minimum atomic E-state index is -0.747. The molecule has 1 atom stereocenters. The highest BCUT2D eigenvalue weighted by atomic mass is 19.1. The largest absolute Gasteiger partial charge is 0.384 e. The van der Waals surface area contributed by atoms with E-state index in [0.29, 0.717) is 17.2 Å². The van der Waals surface area contributed by atoms with E-state index in [1.54, 1.807) is 13.0 Å². The zero-order valence-corrected chi connectivity index (χ0v) is 14.7. The number of nitrogens with zero attached hydrogens (tertiary/aromatic N) is 4. The first-order valence-electron chi connectivity index (χ1n) is 8.40. The van der Waals surface area contributed by atoms with Crippen LogP contribution >= 0.6 is 0 Å². The van der Waals surface area contributed by atoms with Gasteiger partial charge in [-0.3, -0.25) is 4.57 Å². The van der Waals surface area contributed by atoms with E-state index in [0.717, 1.165) is 18.2 Å². The SMILES string of the molecule is CC(Nc1cc(N)ncn1)c1nc2c(F)cccc2n1-c1cc(F)cc(F)c1. The lowest BCUT2D eigenvalue weighted by Crippen LogP contribution is -2.14. The van der Waals surface area contributed by atoms with Gasteiger partial charge in [0.05, 0.1) is 17.2 Å². The molecule has 0 spiro atoms. The van der Waals surface area contributed by atoms with Crippen molar-refractivity contribution >= 4 is 22.7 Å². The second kappa shape index (κ2) is 6.84. The Hall–Kier alpha value is -3.62. The molecule has 6 nitrogen and oxygen atoms in total. The molecule has 2 heterocycles. The maximum absolute atomic E-state index is 14.3. The summed E-state index contributed by atoms with van der Waals surface area (Å²) in [5.74, 6) is -0.970. The number of anilines is 2. The van der Waals surface area contributed by atoms with Gasteiger partial charge in [-0.2, -0.15) is 0 Å². The molecule has 4 rings (SSSR count). The summed E-state index contributed by atoms with van der Waals surface area (Å²) in [6.45, 7) is 1.77. The highest BCUT2D eigenvalue weighted by Crippen LogP contribution is 2.29. The van der Waals surface area contributed by atoms with Crippen molar-refractivity contribution < 1.29 is 13.2 Å². The normalized spacial score (nSPS) is 12.3. The number of fused-ring (bicyclic) bond motifs is 1. The van der Waals surface area contributed by atoms with E-state index < -0.39 is 23.5 Å². The molecule has 0 saturated carbocycles. The monoisotopic (exact) mass is 384 g/mol. The third-order valence-electron chi connectivity index (χ3n) is 4.21. The van der Waals surface area contributed by atoms with Crippen LogP contribution in [0.4, 0.5) is 24.8 Å². The van der Waals surface area contributed by atoms with Crippen molar-refractivity contribution in [2.75, 3.05) is 11.1 Å². The molecule has 0 radical (unpaired) electrons. The summed E-state index contributed by atoms with van der Waals surface area (Å²) in [6, 6.07) is 8.56. The molecule has 0 aliphatic rings. The topological polar surface area (TPSA) is 81.7 Å². The first-order valence-corrected chi connectivity index (χ1v) is 8.40. The third-order valence-corrected chi connectivity index (χ3v) is 4.21. The van der Waals surface area contributed by atoms with Crippen LogP contribution in [0.25, 0.3) is 16.7 Å². The second-order valence-electron chi connectivity index (χ2n) is 6.23. The van der Waals surface area contributed by atoms with Crippen LogP contribution in [-0.4, -0.2) is 19.5 Å². The summed E-state index contributed by atoms with van der Waals surface area (Å²) >= 11 is 0. The van der Waals surface area contributed by atoms with Gasteiger partial charge in [-0.25, -0.2) is 28.1 Å². The number of nitrogens with two attached hydrogens (primary N) is 1. The van der Waals surface area contributed by atoms with Gasteiger partial charge >= 0.3 is 0 Å². The third kappa shape index (κ3) is 3.22. The van der Waals surface area contributed by atoms with Gasteiger partial charge < -0.3 is 11.1 Å². The van der Waals surface area contributed by atoms with Crippen LogP contribution in [0.15, 0.2) is 48.8 Å². The zero-order valence-electron chi connectivity index (χ0n) is 14.7. The Bertz CT molecular complexity index is 1150. The molecule has 2 aromatic heterocycles. The number of imidazole rings is 1. The van der Waals surface area contributed by atoms with E-state index in [1.807, 2.05) is 0 Å². The predicted octanol–water partition coefficient (Wildman–Crippen LogP) is 3.99. The van der Waals surface area contributed by atoms with E-state index in [2.05, 4.69) is 20.3 Å². The number of nitrogens with one attached hydrogen (secondary N) is 1. The van der Waals surface area contributed by atoms with E-state index in [1.165, 1.54) is 29.1 Å². The molecule has 1 unspecified atom stereocenters. The van der Waals surface area contributed by atoms with Gasteiger partial charge in [-0.15, -0.1) is 0 Å². The summed E-state index contributed by atoms with van der Waals surface area (Å²) in [7, 11) is 0. The van der Waals surface area contributed by atoms with Crippen LogP contribution in [0, 0.1) is 17.5 Å². The van der Waals surface area contributed by atoms with Gasteiger partial charge in [0.2, 0.25) is 0 Å². The van der Waals surface area contributed by atoms with Crippen molar-refractivity contribution in [3.05, 3.63) is 72.1 Å². The van der Waals surface area contributed by atoms with Crippen molar-refractivity contribution in [2.24, 2.45) is 0 Å². The van der Waals surface area contributed by atoms with Crippen LogP contribution in [0.1, 0.15) is 18.8 Å². The number of halogens is 3. The lowest BCUT2D eigenvalue weighted by Gasteiger charge is -2.17. The van der Waals surface area contributed by atoms with Crippen molar-refractivity contribution in [2.45, 2.75) is 13.0 Å². The number of rotatable bonds is 4. The Kier molecular flexibility index (Phi) is 4.34. The van der Waals surface area contributed by atoms with Crippen LogP contribution in [0.3, 0.4) is 0 Å². The first kappa shape index (κ1) is 17.8. The highest BCUT2D eigenvalue weighted by Gasteiger charge is 2.21. The molecule has 2 aromatic carbocycles. The molecule has 3 N–H and O–H groups in total. The van der Waals surface area contributed by atoms with Gasteiger partial charge in [-0.05, 0) is 31.2 Å². The quantitative estimate of drug-likeness (QED) is 0.556. The Morgan fingerprint density at radius 2 is 1.79 bits per heavy atom. The lowest BCUT2D eigenvalue weighted by molar-refractivity contribution is 0.581. The molecule has 0 fully saturated rings. The molecule has 142 valence electrons. The summed E-state index contributed by atoms with van der Waals surface area (Å²) in [5, 5.41) is 3.09. The lowest BCUT2D eigenvalue weighted by atomic mass is 10.2. The molecule has 4 aromatic rings. The molecular formula is C19H15F3N6. The molecule has 28 heavy (non-hydrogen) atoms.